The van der Waals surface area contributed by atoms with Crippen LogP contribution in [0.25, 0.3) is 5.69 Å². The number of para-hydroxylation sites is 1. The minimum atomic E-state index is -0.178. The van der Waals surface area contributed by atoms with Crippen LogP contribution >= 0.6 is 35.6 Å². The van der Waals surface area contributed by atoms with E-state index in [0.29, 0.717) is 53.5 Å². The lowest BCUT2D eigenvalue weighted by molar-refractivity contribution is 0.0775. The van der Waals surface area contributed by atoms with Crippen LogP contribution in [0.15, 0.2) is 18.2 Å². The highest BCUT2D eigenvalue weighted by molar-refractivity contribution is 6.37. The monoisotopic (exact) mass is 403 g/mol. The number of halogens is 3. The van der Waals surface area contributed by atoms with E-state index in [1.165, 1.54) is 0 Å². The zero-order valence-corrected chi connectivity index (χ0v) is 16.1. The first-order chi connectivity index (χ1) is 11.5. The molecule has 2 heterocycles. The Morgan fingerprint density at radius 2 is 2.04 bits per heavy atom. The van der Waals surface area contributed by atoms with Crippen molar-refractivity contribution >= 4 is 41.5 Å². The van der Waals surface area contributed by atoms with Gasteiger partial charge in [-0.05, 0) is 31.0 Å². The summed E-state index contributed by atoms with van der Waals surface area (Å²) in [5.74, 6) is 0.977. The minimum absolute atomic E-state index is 0. The van der Waals surface area contributed by atoms with Crippen molar-refractivity contribution in [2.24, 2.45) is 11.7 Å². The molecule has 0 radical (unpaired) electrons. The largest absolute Gasteiger partial charge is 0.336 e. The average Bonchev–Trinajstić information content (AvgIpc) is 3.21. The Bertz CT molecular complexity index is 744. The molecule has 0 saturated carbocycles. The smallest absolute Gasteiger partial charge is 0.293 e. The molecular formula is C16H20Cl3N5O. The lowest BCUT2D eigenvalue weighted by Crippen LogP contribution is -2.30. The van der Waals surface area contributed by atoms with Gasteiger partial charge >= 0.3 is 0 Å². The van der Waals surface area contributed by atoms with Crippen LogP contribution in [0.5, 0.6) is 0 Å². The molecule has 1 saturated heterocycles. The van der Waals surface area contributed by atoms with Gasteiger partial charge < -0.3 is 10.6 Å². The number of aryl methyl sites for hydroxylation is 1. The van der Waals surface area contributed by atoms with Crippen molar-refractivity contribution in [3.63, 3.8) is 0 Å². The number of rotatable bonds is 4. The SMILES string of the molecule is CCc1nc(C(=O)N2CCC(CN)C2)nn1-c1c(Cl)cccc1Cl.Cl. The van der Waals surface area contributed by atoms with Gasteiger partial charge in [0.2, 0.25) is 5.82 Å². The number of benzene rings is 1. The first-order valence-corrected chi connectivity index (χ1v) is 8.70. The predicted octanol–water partition coefficient (Wildman–Crippen LogP) is 2.98. The third-order valence-electron chi connectivity index (χ3n) is 4.24. The lowest BCUT2D eigenvalue weighted by Gasteiger charge is -2.13. The van der Waals surface area contributed by atoms with Crippen molar-refractivity contribution < 1.29 is 4.79 Å². The molecule has 1 aliphatic rings. The molecular weight excluding hydrogens is 385 g/mol. The molecule has 6 nitrogen and oxygen atoms in total. The molecule has 0 spiro atoms. The molecule has 1 unspecified atom stereocenters. The van der Waals surface area contributed by atoms with E-state index in [2.05, 4.69) is 10.1 Å². The zero-order chi connectivity index (χ0) is 17.3. The van der Waals surface area contributed by atoms with Gasteiger partial charge in [0.1, 0.15) is 11.5 Å². The predicted molar refractivity (Wildman–Crippen MR) is 101 cm³/mol. The second kappa shape index (κ2) is 8.36. The summed E-state index contributed by atoms with van der Waals surface area (Å²) in [6.45, 7) is 3.86. The van der Waals surface area contributed by atoms with Crippen LogP contribution in [0.4, 0.5) is 0 Å². The van der Waals surface area contributed by atoms with Gasteiger partial charge in [0.25, 0.3) is 5.91 Å². The summed E-state index contributed by atoms with van der Waals surface area (Å²) < 4.78 is 1.56. The summed E-state index contributed by atoms with van der Waals surface area (Å²) in [5, 5.41) is 5.31. The van der Waals surface area contributed by atoms with Gasteiger partial charge in [-0.2, -0.15) is 0 Å². The van der Waals surface area contributed by atoms with Crippen molar-refractivity contribution in [2.75, 3.05) is 19.6 Å². The quantitative estimate of drug-likeness (QED) is 0.850. The van der Waals surface area contributed by atoms with Gasteiger partial charge in [-0.1, -0.05) is 36.2 Å². The van der Waals surface area contributed by atoms with Crippen LogP contribution in [0.3, 0.4) is 0 Å². The van der Waals surface area contributed by atoms with Crippen molar-refractivity contribution in [1.82, 2.24) is 19.7 Å². The first-order valence-electron chi connectivity index (χ1n) is 7.94. The van der Waals surface area contributed by atoms with E-state index < -0.39 is 0 Å². The Morgan fingerprint density at radius 3 is 2.60 bits per heavy atom. The van der Waals surface area contributed by atoms with Gasteiger partial charge in [0, 0.05) is 19.5 Å². The van der Waals surface area contributed by atoms with E-state index in [4.69, 9.17) is 28.9 Å². The van der Waals surface area contributed by atoms with Gasteiger partial charge in [-0.25, -0.2) is 9.67 Å². The molecule has 1 amide bonds. The van der Waals surface area contributed by atoms with E-state index in [1.54, 1.807) is 27.8 Å². The van der Waals surface area contributed by atoms with Crippen LogP contribution < -0.4 is 5.73 Å². The maximum atomic E-state index is 12.7. The van der Waals surface area contributed by atoms with Gasteiger partial charge in [0.15, 0.2) is 0 Å². The second-order valence-corrected chi connectivity index (χ2v) is 6.64. The first kappa shape index (κ1) is 20.0. The summed E-state index contributed by atoms with van der Waals surface area (Å²) in [6, 6.07) is 5.23. The summed E-state index contributed by atoms with van der Waals surface area (Å²) in [7, 11) is 0. The van der Waals surface area contributed by atoms with Gasteiger partial charge in [0.05, 0.1) is 10.0 Å². The molecule has 0 aliphatic carbocycles. The number of hydrogen-bond acceptors (Lipinski definition) is 4. The molecule has 1 atom stereocenters. The van der Waals surface area contributed by atoms with Gasteiger partial charge in [-0.3, -0.25) is 4.79 Å². The Balaban J connectivity index is 0.00000225. The van der Waals surface area contributed by atoms with E-state index in [1.807, 2.05) is 6.92 Å². The fourth-order valence-electron chi connectivity index (χ4n) is 2.89. The number of amides is 1. The Labute approximate surface area is 162 Å². The molecule has 1 fully saturated rings. The maximum absolute atomic E-state index is 12.7. The molecule has 1 aromatic carbocycles. The summed E-state index contributed by atoms with van der Waals surface area (Å²) in [6.07, 6.45) is 1.52. The molecule has 2 aromatic rings. The van der Waals surface area contributed by atoms with E-state index in [9.17, 15) is 4.79 Å². The lowest BCUT2D eigenvalue weighted by atomic mass is 10.1. The minimum Gasteiger partial charge on any atom is -0.336 e. The number of nitrogens with zero attached hydrogens (tertiary/aromatic N) is 4. The van der Waals surface area contributed by atoms with Crippen LogP contribution in [0, 0.1) is 5.92 Å². The van der Waals surface area contributed by atoms with E-state index >= 15 is 0 Å². The molecule has 136 valence electrons. The Hall–Kier alpha value is -1.34. The summed E-state index contributed by atoms with van der Waals surface area (Å²) in [4.78, 5) is 18.8. The van der Waals surface area contributed by atoms with Crippen molar-refractivity contribution in [1.29, 1.82) is 0 Å². The number of likely N-dealkylation sites (tertiary alicyclic amines) is 1. The average molecular weight is 405 g/mol. The summed E-state index contributed by atoms with van der Waals surface area (Å²) in [5.41, 5.74) is 6.24. The van der Waals surface area contributed by atoms with Crippen molar-refractivity contribution in [3.8, 4) is 5.69 Å². The third-order valence-corrected chi connectivity index (χ3v) is 4.85. The van der Waals surface area contributed by atoms with E-state index in [-0.39, 0.29) is 24.1 Å². The molecule has 25 heavy (non-hydrogen) atoms. The third kappa shape index (κ3) is 3.92. The number of carbonyl (C=O) groups is 1. The fourth-order valence-corrected chi connectivity index (χ4v) is 3.44. The number of carbonyl (C=O) groups excluding carboxylic acids is 1. The number of hydrogen-bond donors (Lipinski definition) is 1. The Kier molecular flexibility index (Phi) is 6.68. The molecule has 3 rings (SSSR count). The molecule has 1 aromatic heterocycles. The van der Waals surface area contributed by atoms with Crippen LogP contribution in [-0.2, 0) is 6.42 Å². The standard InChI is InChI=1S/C16H19Cl2N5O.ClH/c1-2-13-20-15(16(24)22-7-6-10(8-19)9-22)21-23(13)14-11(17)4-3-5-12(14)18;/h3-5,10H,2,6-9,19H2,1H3;1H. The van der Waals surface area contributed by atoms with Gasteiger partial charge in [-0.15, -0.1) is 17.5 Å². The highest BCUT2D eigenvalue weighted by atomic mass is 35.5. The normalized spacial score (nSPS) is 16.8. The molecule has 1 aliphatic heterocycles. The van der Waals surface area contributed by atoms with Crippen molar-refractivity contribution in [2.45, 2.75) is 19.8 Å². The van der Waals surface area contributed by atoms with Crippen LogP contribution in [-0.4, -0.2) is 45.2 Å². The molecule has 0 bridgehead atoms. The molecule has 9 heteroatoms. The number of aromatic nitrogens is 3. The topological polar surface area (TPSA) is 77.0 Å². The Morgan fingerprint density at radius 1 is 1.36 bits per heavy atom. The van der Waals surface area contributed by atoms with Crippen molar-refractivity contribution in [3.05, 3.63) is 39.9 Å². The maximum Gasteiger partial charge on any atom is 0.293 e. The highest BCUT2D eigenvalue weighted by Gasteiger charge is 2.29. The number of nitrogens with two attached hydrogens (primary N) is 1. The highest BCUT2D eigenvalue weighted by Crippen LogP contribution is 2.29. The van der Waals surface area contributed by atoms with Crippen LogP contribution in [0.1, 0.15) is 29.8 Å². The van der Waals surface area contributed by atoms with Crippen LogP contribution in [0.2, 0.25) is 10.0 Å². The summed E-state index contributed by atoms with van der Waals surface area (Å²) >= 11 is 12.5. The zero-order valence-electron chi connectivity index (χ0n) is 13.8. The molecule has 2 N–H and O–H groups in total. The van der Waals surface area contributed by atoms with E-state index in [0.717, 1.165) is 6.42 Å². The second-order valence-electron chi connectivity index (χ2n) is 5.83. The fraction of sp³-hybridized carbons (Fsp3) is 0.438.